The van der Waals surface area contributed by atoms with Crippen LogP contribution in [0.1, 0.15) is 42.9 Å². The fourth-order valence-corrected chi connectivity index (χ4v) is 3.68. The predicted molar refractivity (Wildman–Crippen MR) is 87.9 cm³/mol. The molecule has 1 saturated carbocycles. The van der Waals surface area contributed by atoms with Gasteiger partial charge in [0.15, 0.2) is 0 Å². The molecular formula is C18H19BrFN. The summed E-state index contributed by atoms with van der Waals surface area (Å²) in [5.41, 5.74) is 2.41. The summed E-state index contributed by atoms with van der Waals surface area (Å²) < 4.78 is 14.4. The summed E-state index contributed by atoms with van der Waals surface area (Å²) >= 11 is 3.60. The molecule has 21 heavy (non-hydrogen) atoms. The van der Waals surface area contributed by atoms with Crippen molar-refractivity contribution in [2.24, 2.45) is 0 Å². The molecule has 0 aliphatic heterocycles. The molecule has 0 saturated heterocycles. The van der Waals surface area contributed by atoms with E-state index < -0.39 is 0 Å². The van der Waals surface area contributed by atoms with Crippen LogP contribution >= 0.6 is 15.9 Å². The van der Waals surface area contributed by atoms with Crippen LogP contribution < -0.4 is 5.32 Å². The first-order valence-corrected chi connectivity index (χ1v) is 8.18. The van der Waals surface area contributed by atoms with E-state index in [1.165, 1.54) is 11.6 Å². The molecule has 0 spiro atoms. The second-order valence-electron chi connectivity index (χ2n) is 5.83. The van der Waals surface area contributed by atoms with Crippen LogP contribution in [0.3, 0.4) is 0 Å². The van der Waals surface area contributed by atoms with E-state index in [1.807, 2.05) is 12.1 Å². The van der Waals surface area contributed by atoms with Crippen molar-refractivity contribution in [1.29, 1.82) is 0 Å². The molecular weight excluding hydrogens is 329 g/mol. The average Bonchev–Trinajstić information content (AvgIpc) is 2.42. The summed E-state index contributed by atoms with van der Waals surface area (Å²) in [6, 6.07) is 16.1. The van der Waals surface area contributed by atoms with Crippen molar-refractivity contribution >= 4 is 15.9 Å². The molecule has 0 radical (unpaired) electrons. The van der Waals surface area contributed by atoms with E-state index in [9.17, 15) is 4.39 Å². The Kier molecular flexibility index (Phi) is 4.41. The van der Waals surface area contributed by atoms with Gasteiger partial charge in [0, 0.05) is 16.6 Å². The van der Waals surface area contributed by atoms with Gasteiger partial charge in [0.2, 0.25) is 0 Å². The van der Waals surface area contributed by atoms with Gasteiger partial charge >= 0.3 is 0 Å². The minimum atomic E-state index is -0.134. The van der Waals surface area contributed by atoms with E-state index in [0.717, 1.165) is 22.9 Å². The molecule has 2 aromatic rings. The van der Waals surface area contributed by atoms with Crippen LogP contribution in [0.15, 0.2) is 53.0 Å². The van der Waals surface area contributed by atoms with Gasteiger partial charge in [0.05, 0.1) is 0 Å². The van der Waals surface area contributed by atoms with E-state index in [1.54, 1.807) is 12.1 Å². The summed E-state index contributed by atoms with van der Waals surface area (Å²) in [4.78, 5) is 0. The number of hydrogen-bond acceptors (Lipinski definition) is 1. The van der Waals surface area contributed by atoms with Crippen LogP contribution in [-0.4, -0.2) is 6.04 Å². The predicted octanol–water partition coefficient (Wildman–Crippen LogP) is 5.19. The van der Waals surface area contributed by atoms with Gasteiger partial charge in [-0.3, -0.25) is 0 Å². The molecule has 0 bridgehead atoms. The molecule has 1 unspecified atom stereocenters. The van der Waals surface area contributed by atoms with Gasteiger partial charge in [-0.25, -0.2) is 4.39 Å². The summed E-state index contributed by atoms with van der Waals surface area (Å²) in [6.45, 7) is 2.19. The zero-order valence-electron chi connectivity index (χ0n) is 12.0. The van der Waals surface area contributed by atoms with Crippen LogP contribution in [0.2, 0.25) is 0 Å². The van der Waals surface area contributed by atoms with Crippen molar-refractivity contribution in [3.63, 3.8) is 0 Å². The number of hydrogen-bond donors (Lipinski definition) is 1. The maximum atomic E-state index is 13.2. The van der Waals surface area contributed by atoms with Crippen molar-refractivity contribution in [3.8, 4) is 0 Å². The lowest BCUT2D eigenvalue weighted by atomic mass is 9.75. The molecule has 1 aliphatic carbocycles. The molecule has 0 heterocycles. The standard InChI is InChI=1S/C18H19BrFN/c1-12(17-7-2-3-8-18(17)19)21-16-10-14(11-16)13-5-4-6-15(20)9-13/h2-9,12,14,16,21H,10-11H2,1H3. The minimum Gasteiger partial charge on any atom is -0.307 e. The highest BCUT2D eigenvalue weighted by molar-refractivity contribution is 9.10. The Labute approximate surface area is 133 Å². The number of benzene rings is 2. The highest BCUT2D eigenvalue weighted by Crippen LogP contribution is 2.38. The maximum Gasteiger partial charge on any atom is 0.123 e. The van der Waals surface area contributed by atoms with Crippen molar-refractivity contribution in [2.45, 2.75) is 37.8 Å². The molecule has 0 aromatic heterocycles. The Balaban J connectivity index is 1.56. The van der Waals surface area contributed by atoms with Crippen LogP contribution in [0, 0.1) is 5.82 Å². The lowest BCUT2D eigenvalue weighted by Gasteiger charge is -2.38. The molecule has 1 nitrogen and oxygen atoms in total. The van der Waals surface area contributed by atoms with Crippen molar-refractivity contribution < 1.29 is 4.39 Å². The van der Waals surface area contributed by atoms with E-state index in [4.69, 9.17) is 0 Å². The lowest BCUT2D eigenvalue weighted by Crippen LogP contribution is -2.41. The minimum absolute atomic E-state index is 0.134. The maximum absolute atomic E-state index is 13.2. The monoisotopic (exact) mass is 347 g/mol. The summed E-state index contributed by atoms with van der Waals surface area (Å²) in [7, 11) is 0. The third kappa shape index (κ3) is 3.35. The second kappa shape index (κ2) is 6.29. The lowest BCUT2D eigenvalue weighted by molar-refractivity contribution is 0.270. The van der Waals surface area contributed by atoms with Crippen molar-refractivity contribution in [2.75, 3.05) is 0 Å². The summed E-state index contributed by atoms with van der Waals surface area (Å²) in [6.07, 6.45) is 2.16. The Morgan fingerprint density at radius 1 is 1.14 bits per heavy atom. The number of nitrogens with one attached hydrogen (secondary N) is 1. The van der Waals surface area contributed by atoms with Crippen molar-refractivity contribution in [1.82, 2.24) is 5.32 Å². The van der Waals surface area contributed by atoms with Gasteiger partial charge in [-0.05, 0) is 55.0 Å². The number of halogens is 2. The van der Waals surface area contributed by atoms with Crippen molar-refractivity contribution in [3.05, 3.63) is 69.9 Å². The third-order valence-corrected chi connectivity index (χ3v) is 5.04. The summed E-state index contributed by atoms with van der Waals surface area (Å²) in [5, 5.41) is 3.66. The SMILES string of the molecule is CC(NC1CC(c2cccc(F)c2)C1)c1ccccc1Br. The Morgan fingerprint density at radius 3 is 2.62 bits per heavy atom. The van der Waals surface area contributed by atoms with E-state index in [0.29, 0.717) is 18.0 Å². The van der Waals surface area contributed by atoms with Gasteiger partial charge in [0.1, 0.15) is 5.82 Å². The normalized spacial score (nSPS) is 22.6. The highest BCUT2D eigenvalue weighted by atomic mass is 79.9. The van der Waals surface area contributed by atoms with Crippen LogP contribution in [0.5, 0.6) is 0 Å². The first-order valence-electron chi connectivity index (χ1n) is 7.39. The Bertz CT molecular complexity index is 622. The summed E-state index contributed by atoms with van der Waals surface area (Å²) in [5.74, 6) is 0.357. The third-order valence-electron chi connectivity index (χ3n) is 4.32. The van der Waals surface area contributed by atoms with Gasteiger partial charge in [0.25, 0.3) is 0 Å². The first-order chi connectivity index (χ1) is 10.1. The van der Waals surface area contributed by atoms with Crippen LogP contribution in [-0.2, 0) is 0 Å². The molecule has 3 rings (SSSR count). The average molecular weight is 348 g/mol. The fraction of sp³-hybridized carbons (Fsp3) is 0.333. The first kappa shape index (κ1) is 14.7. The molecule has 0 amide bonds. The number of rotatable bonds is 4. The van der Waals surface area contributed by atoms with Crippen LogP contribution in [0.25, 0.3) is 0 Å². The molecule has 1 fully saturated rings. The van der Waals surface area contributed by atoms with Gasteiger partial charge < -0.3 is 5.32 Å². The second-order valence-corrected chi connectivity index (χ2v) is 6.68. The van der Waals surface area contributed by atoms with Crippen LogP contribution in [0.4, 0.5) is 4.39 Å². The molecule has 1 aliphatic rings. The highest BCUT2D eigenvalue weighted by Gasteiger charge is 2.31. The zero-order chi connectivity index (χ0) is 14.8. The van der Waals surface area contributed by atoms with E-state index >= 15 is 0 Å². The molecule has 3 heteroatoms. The van der Waals surface area contributed by atoms with Gasteiger partial charge in [-0.15, -0.1) is 0 Å². The smallest absolute Gasteiger partial charge is 0.123 e. The fourth-order valence-electron chi connectivity index (χ4n) is 3.06. The molecule has 2 aromatic carbocycles. The quantitative estimate of drug-likeness (QED) is 0.802. The van der Waals surface area contributed by atoms with E-state index in [2.05, 4.69) is 46.4 Å². The Hall–Kier alpha value is -1.19. The van der Waals surface area contributed by atoms with E-state index in [-0.39, 0.29) is 5.82 Å². The zero-order valence-corrected chi connectivity index (χ0v) is 13.6. The van der Waals surface area contributed by atoms with Gasteiger partial charge in [-0.2, -0.15) is 0 Å². The topological polar surface area (TPSA) is 12.0 Å². The largest absolute Gasteiger partial charge is 0.307 e. The Morgan fingerprint density at radius 2 is 1.90 bits per heavy atom. The molecule has 110 valence electrons. The molecule has 1 N–H and O–H groups in total. The van der Waals surface area contributed by atoms with Gasteiger partial charge in [-0.1, -0.05) is 46.3 Å². The molecule has 1 atom stereocenters.